The van der Waals surface area contributed by atoms with Gasteiger partial charge < -0.3 is 5.32 Å². The molecule has 0 amide bonds. The maximum absolute atomic E-state index is 4.43. The number of thiophene rings is 1. The van der Waals surface area contributed by atoms with Crippen molar-refractivity contribution in [2.75, 3.05) is 6.54 Å². The Hall–Kier alpha value is -1.19. The summed E-state index contributed by atoms with van der Waals surface area (Å²) in [6, 6.07) is 11.0. The molecule has 2 nitrogen and oxygen atoms in total. The van der Waals surface area contributed by atoms with Gasteiger partial charge in [0.15, 0.2) is 0 Å². The Morgan fingerprint density at radius 3 is 2.89 bits per heavy atom. The molecular weight excluding hydrogens is 252 g/mol. The van der Waals surface area contributed by atoms with Crippen molar-refractivity contribution < 1.29 is 0 Å². The highest BCUT2D eigenvalue weighted by molar-refractivity contribution is 7.09. The summed E-state index contributed by atoms with van der Waals surface area (Å²) >= 11 is 1.85. The maximum atomic E-state index is 4.43. The summed E-state index contributed by atoms with van der Waals surface area (Å²) in [4.78, 5) is 5.91. The number of hydrogen-bond donors (Lipinski definition) is 1. The Morgan fingerprint density at radius 1 is 1.26 bits per heavy atom. The van der Waals surface area contributed by atoms with Gasteiger partial charge in [-0.25, -0.2) is 0 Å². The summed E-state index contributed by atoms with van der Waals surface area (Å²) in [5, 5.41) is 5.80. The van der Waals surface area contributed by atoms with E-state index < -0.39 is 0 Å². The lowest BCUT2D eigenvalue weighted by molar-refractivity contribution is 0.475. The molecule has 0 radical (unpaired) electrons. The van der Waals surface area contributed by atoms with Crippen LogP contribution in [-0.4, -0.2) is 17.6 Å². The first kappa shape index (κ1) is 14.2. The molecule has 2 rings (SSSR count). The van der Waals surface area contributed by atoms with E-state index in [1.165, 1.54) is 23.4 Å². The molecule has 2 heterocycles. The van der Waals surface area contributed by atoms with Crippen LogP contribution in [0.3, 0.4) is 0 Å². The summed E-state index contributed by atoms with van der Waals surface area (Å²) in [6.45, 7) is 3.30. The van der Waals surface area contributed by atoms with E-state index in [-0.39, 0.29) is 0 Å². The van der Waals surface area contributed by atoms with Crippen molar-refractivity contribution in [2.45, 2.75) is 38.6 Å². The zero-order chi connectivity index (χ0) is 13.3. The van der Waals surface area contributed by atoms with Crippen LogP contribution in [0.25, 0.3) is 0 Å². The molecule has 19 heavy (non-hydrogen) atoms. The van der Waals surface area contributed by atoms with Crippen molar-refractivity contribution >= 4 is 11.3 Å². The van der Waals surface area contributed by atoms with Gasteiger partial charge in [0.05, 0.1) is 0 Å². The van der Waals surface area contributed by atoms with Crippen molar-refractivity contribution in [1.82, 2.24) is 10.3 Å². The van der Waals surface area contributed by atoms with E-state index in [9.17, 15) is 0 Å². The number of nitrogens with one attached hydrogen (secondary N) is 1. The first-order valence-corrected chi connectivity index (χ1v) is 7.92. The van der Waals surface area contributed by atoms with Crippen LogP contribution in [0, 0.1) is 0 Å². The lowest BCUT2D eigenvalue weighted by atomic mass is 10.0. The second-order valence-corrected chi connectivity index (χ2v) is 5.83. The quantitative estimate of drug-likeness (QED) is 0.794. The zero-order valence-corrected chi connectivity index (χ0v) is 12.3. The standard InChI is InChI=1S/C16H22N2S/c1-2-10-17-15(8-9-16-7-5-12-19-16)13-14-6-3-4-11-18-14/h3-7,11-12,15,17H,2,8-10,13H2,1H3. The third-order valence-corrected chi connectivity index (χ3v) is 4.12. The average molecular weight is 274 g/mol. The minimum Gasteiger partial charge on any atom is -0.314 e. The number of nitrogens with zero attached hydrogens (tertiary/aromatic N) is 1. The molecular formula is C16H22N2S. The summed E-state index contributed by atoms with van der Waals surface area (Å²) in [5.74, 6) is 0. The molecule has 0 bridgehead atoms. The number of pyridine rings is 1. The molecule has 0 saturated heterocycles. The molecule has 102 valence electrons. The third kappa shape index (κ3) is 5.13. The zero-order valence-electron chi connectivity index (χ0n) is 11.5. The van der Waals surface area contributed by atoms with Gasteiger partial charge in [-0.3, -0.25) is 4.98 Å². The Kier molecular flexibility index (Phi) is 6.05. The second kappa shape index (κ2) is 8.08. The number of aromatic nitrogens is 1. The summed E-state index contributed by atoms with van der Waals surface area (Å²) < 4.78 is 0. The molecule has 2 aromatic heterocycles. The van der Waals surface area contributed by atoms with Crippen molar-refractivity contribution in [3.63, 3.8) is 0 Å². The smallest absolute Gasteiger partial charge is 0.0419 e. The molecule has 0 saturated carbocycles. The average Bonchev–Trinajstić information content (AvgIpc) is 2.96. The highest BCUT2D eigenvalue weighted by Crippen LogP contribution is 2.13. The maximum Gasteiger partial charge on any atom is 0.0419 e. The summed E-state index contributed by atoms with van der Waals surface area (Å²) in [5.41, 5.74) is 1.18. The van der Waals surface area contributed by atoms with Crippen LogP contribution >= 0.6 is 11.3 Å². The largest absolute Gasteiger partial charge is 0.314 e. The van der Waals surface area contributed by atoms with E-state index in [1.807, 2.05) is 23.6 Å². The Balaban J connectivity index is 1.87. The van der Waals surface area contributed by atoms with E-state index >= 15 is 0 Å². The molecule has 1 N–H and O–H groups in total. The molecule has 0 spiro atoms. The second-order valence-electron chi connectivity index (χ2n) is 4.79. The van der Waals surface area contributed by atoms with Crippen molar-refractivity contribution in [2.24, 2.45) is 0 Å². The topological polar surface area (TPSA) is 24.9 Å². The summed E-state index contributed by atoms with van der Waals surface area (Å²) in [6.07, 6.45) is 6.42. The van der Waals surface area contributed by atoms with Crippen molar-refractivity contribution in [1.29, 1.82) is 0 Å². The summed E-state index contributed by atoms with van der Waals surface area (Å²) in [7, 11) is 0. The van der Waals surface area contributed by atoms with Crippen LogP contribution in [-0.2, 0) is 12.8 Å². The van der Waals surface area contributed by atoms with E-state index in [4.69, 9.17) is 0 Å². The lowest BCUT2D eigenvalue weighted by Gasteiger charge is -2.17. The molecule has 3 heteroatoms. The Labute approximate surface area is 119 Å². The van der Waals surface area contributed by atoms with Gasteiger partial charge in [-0.15, -0.1) is 11.3 Å². The highest BCUT2D eigenvalue weighted by Gasteiger charge is 2.10. The van der Waals surface area contributed by atoms with Crippen LogP contribution in [0.2, 0.25) is 0 Å². The fourth-order valence-electron chi connectivity index (χ4n) is 2.17. The van der Waals surface area contributed by atoms with Gasteiger partial charge in [-0.2, -0.15) is 0 Å². The molecule has 0 aliphatic heterocycles. The van der Waals surface area contributed by atoms with Gasteiger partial charge in [0, 0.05) is 29.2 Å². The van der Waals surface area contributed by atoms with Gasteiger partial charge in [-0.1, -0.05) is 19.1 Å². The fraction of sp³-hybridized carbons (Fsp3) is 0.438. The number of rotatable bonds is 8. The first-order chi connectivity index (χ1) is 9.38. The van der Waals surface area contributed by atoms with Crippen LogP contribution in [0.1, 0.15) is 30.3 Å². The molecule has 0 aliphatic rings. The van der Waals surface area contributed by atoms with Crippen LogP contribution in [0.5, 0.6) is 0 Å². The highest BCUT2D eigenvalue weighted by atomic mass is 32.1. The molecule has 1 atom stereocenters. The molecule has 0 fully saturated rings. The van der Waals surface area contributed by atoms with Gasteiger partial charge in [0.2, 0.25) is 0 Å². The van der Waals surface area contributed by atoms with E-state index in [2.05, 4.69) is 46.9 Å². The van der Waals surface area contributed by atoms with Gasteiger partial charge in [0.25, 0.3) is 0 Å². The minimum absolute atomic E-state index is 0.525. The molecule has 0 aromatic carbocycles. The third-order valence-electron chi connectivity index (χ3n) is 3.18. The van der Waals surface area contributed by atoms with E-state index in [1.54, 1.807) is 0 Å². The molecule has 2 aromatic rings. The Morgan fingerprint density at radius 2 is 2.21 bits per heavy atom. The normalized spacial score (nSPS) is 12.5. The predicted octanol–water partition coefficient (Wildman–Crippen LogP) is 3.69. The number of hydrogen-bond acceptors (Lipinski definition) is 3. The lowest BCUT2D eigenvalue weighted by Crippen LogP contribution is -2.32. The fourth-order valence-corrected chi connectivity index (χ4v) is 2.89. The van der Waals surface area contributed by atoms with E-state index in [0.717, 1.165) is 19.4 Å². The monoisotopic (exact) mass is 274 g/mol. The van der Waals surface area contributed by atoms with Crippen molar-refractivity contribution in [3.8, 4) is 0 Å². The van der Waals surface area contributed by atoms with Crippen LogP contribution < -0.4 is 5.32 Å². The van der Waals surface area contributed by atoms with Gasteiger partial charge in [0.1, 0.15) is 0 Å². The van der Waals surface area contributed by atoms with Gasteiger partial charge >= 0.3 is 0 Å². The number of aryl methyl sites for hydroxylation is 1. The van der Waals surface area contributed by atoms with Crippen molar-refractivity contribution in [3.05, 3.63) is 52.5 Å². The first-order valence-electron chi connectivity index (χ1n) is 7.04. The minimum atomic E-state index is 0.525. The van der Waals surface area contributed by atoms with Crippen LogP contribution in [0.15, 0.2) is 41.9 Å². The van der Waals surface area contributed by atoms with Crippen LogP contribution in [0.4, 0.5) is 0 Å². The predicted molar refractivity (Wildman–Crippen MR) is 82.7 cm³/mol. The molecule has 1 unspecified atom stereocenters. The van der Waals surface area contributed by atoms with E-state index in [0.29, 0.717) is 6.04 Å². The Bertz CT molecular complexity index is 439. The SMILES string of the molecule is CCCNC(CCc1cccs1)Cc1ccccn1. The molecule has 0 aliphatic carbocycles. The van der Waals surface area contributed by atoms with Gasteiger partial charge in [-0.05, 0) is 49.4 Å².